The van der Waals surface area contributed by atoms with Crippen molar-refractivity contribution in [1.82, 2.24) is 0 Å². The molecule has 0 bridgehead atoms. The highest BCUT2D eigenvalue weighted by Gasteiger charge is 1.91. The minimum atomic E-state index is 0.0699. The average Bonchev–Trinajstić information content (AvgIpc) is 1.95. The van der Waals surface area contributed by atoms with E-state index in [1.165, 1.54) is 11.4 Å². The zero-order valence-electron chi connectivity index (χ0n) is 4.95. The summed E-state index contributed by atoms with van der Waals surface area (Å²) in [6.45, 7) is 0. The minimum absolute atomic E-state index is 0.0699. The molecule has 0 radical (unpaired) electrons. The van der Waals surface area contributed by atoms with Crippen LogP contribution in [0.25, 0.3) is 0 Å². The van der Waals surface area contributed by atoms with Crippen molar-refractivity contribution < 1.29 is 4.57 Å². The predicted molar refractivity (Wildman–Crippen MR) is 44.9 cm³/mol. The molecule has 0 aromatic heterocycles. The summed E-state index contributed by atoms with van der Waals surface area (Å²) in [5.41, 5.74) is 0. The van der Waals surface area contributed by atoms with E-state index in [1.807, 2.05) is 12.1 Å². The first-order chi connectivity index (χ1) is 4.83. The van der Waals surface area contributed by atoms with E-state index in [0.717, 1.165) is 4.90 Å². The van der Waals surface area contributed by atoms with E-state index in [0.29, 0.717) is 5.02 Å². The molecule has 0 unspecified atom stereocenters. The second-order valence-corrected chi connectivity index (χ2v) is 3.85. The SMILES string of the molecule is O=PSc1ccc(Cl)cc1. The lowest BCUT2D eigenvalue weighted by Gasteiger charge is -1.91. The lowest BCUT2D eigenvalue weighted by molar-refractivity contribution is 0.605. The molecular weight excluding hydrogens is 187 g/mol. The summed E-state index contributed by atoms with van der Waals surface area (Å²) in [4.78, 5) is 0.959. The summed E-state index contributed by atoms with van der Waals surface area (Å²) in [5, 5.41) is 0.701. The lowest BCUT2D eigenvalue weighted by Crippen LogP contribution is -1.64. The van der Waals surface area contributed by atoms with Gasteiger partial charge in [0.2, 0.25) is 7.66 Å². The zero-order valence-corrected chi connectivity index (χ0v) is 7.42. The Bertz CT molecular complexity index is 224. The number of benzene rings is 1. The topological polar surface area (TPSA) is 17.1 Å². The molecule has 1 nitrogen and oxygen atoms in total. The number of hydrogen-bond donors (Lipinski definition) is 0. The smallest absolute Gasteiger partial charge is 0.232 e. The number of halogens is 1. The third-order valence-corrected chi connectivity index (χ3v) is 2.62. The van der Waals surface area contributed by atoms with Crippen LogP contribution in [0.3, 0.4) is 0 Å². The lowest BCUT2D eigenvalue weighted by atomic mass is 10.4. The summed E-state index contributed by atoms with van der Waals surface area (Å²) in [5.74, 6) is 0. The Morgan fingerprint density at radius 3 is 2.40 bits per heavy atom. The van der Waals surface area contributed by atoms with E-state index in [1.54, 1.807) is 12.1 Å². The monoisotopic (exact) mass is 190 g/mol. The van der Waals surface area contributed by atoms with Gasteiger partial charge in [-0.25, -0.2) is 0 Å². The summed E-state index contributed by atoms with van der Waals surface area (Å²) >= 11 is 6.86. The second kappa shape index (κ2) is 3.97. The zero-order chi connectivity index (χ0) is 7.40. The van der Waals surface area contributed by atoms with Crippen molar-refractivity contribution in [1.29, 1.82) is 0 Å². The maximum atomic E-state index is 10.1. The van der Waals surface area contributed by atoms with Crippen LogP contribution in [0.5, 0.6) is 0 Å². The van der Waals surface area contributed by atoms with E-state index >= 15 is 0 Å². The van der Waals surface area contributed by atoms with Gasteiger partial charge in [-0.3, -0.25) is 4.57 Å². The molecule has 1 aromatic rings. The number of rotatable bonds is 2. The van der Waals surface area contributed by atoms with Crippen molar-refractivity contribution in [2.45, 2.75) is 4.90 Å². The van der Waals surface area contributed by atoms with E-state index in [4.69, 9.17) is 11.6 Å². The maximum Gasteiger partial charge on any atom is 0.232 e. The van der Waals surface area contributed by atoms with Crippen molar-refractivity contribution in [2.75, 3.05) is 0 Å². The highest BCUT2D eigenvalue weighted by Crippen LogP contribution is 2.29. The molecule has 52 valence electrons. The van der Waals surface area contributed by atoms with Gasteiger partial charge in [-0.2, -0.15) is 0 Å². The van der Waals surface area contributed by atoms with Gasteiger partial charge in [-0.15, -0.1) is 0 Å². The summed E-state index contributed by atoms with van der Waals surface area (Å²) in [6.07, 6.45) is 0. The molecule has 1 aromatic carbocycles. The van der Waals surface area contributed by atoms with E-state index in [2.05, 4.69) is 0 Å². The molecule has 0 atom stereocenters. The van der Waals surface area contributed by atoms with Gasteiger partial charge in [-0.05, 0) is 35.6 Å². The average molecular weight is 191 g/mol. The van der Waals surface area contributed by atoms with Crippen LogP contribution in [0, 0.1) is 0 Å². The van der Waals surface area contributed by atoms with Gasteiger partial charge < -0.3 is 0 Å². The standard InChI is InChI=1S/C6H4ClOPS/c7-5-1-3-6(4-2-5)10-9-8/h1-4H. The molecule has 0 saturated carbocycles. The molecule has 0 aliphatic heterocycles. The first-order valence-corrected chi connectivity index (χ1v) is 5.19. The van der Waals surface area contributed by atoms with Crippen LogP contribution in [-0.4, -0.2) is 0 Å². The molecule has 0 spiro atoms. The molecule has 0 saturated heterocycles. The Morgan fingerprint density at radius 2 is 1.90 bits per heavy atom. The normalized spacial score (nSPS) is 10.1. The summed E-state index contributed by atoms with van der Waals surface area (Å²) < 4.78 is 10.1. The second-order valence-electron chi connectivity index (χ2n) is 1.62. The fourth-order valence-electron chi connectivity index (χ4n) is 0.538. The Balaban J connectivity index is 2.78. The van der Waals surface area contributed by atoms with Crippen LogP contribution in [0.1, 0.15) is 0 Å². The molecular formula is C6H4ClOPS. The van der Waals surface area contributed by atoms with Crippen molar-refractivity contribution >= 4 is 30.6 Å². The molecule has 1 rings (SSSR count). The largest absolute Gasteiger partial charge is 0.262 e. The number of hydrogen-bond acceptors (Lipinski definition) is 2. The Hall–Kier alpha value is -0.0400. The molecule has 10 heavy (non-hydrogen) atoms. The molecule has 4 heteroatoms. The Morgan fingerprint density at radius 1 is 1.30 bits per heavy atom. The molecule has 0 aliphatic carbocycles. The minimum Gasteiger partial charge on any atom is -0.262 e. The Labute approximate surface area is 69.7 Å². The molecule has 0 N–H and O–H groups in total. The van der Waals surface area contributed by atoms with Gasteiger partial charge in [-0.1, -0.05) is 11.6 Å². The van der Waals surface area contributed by atoms with Gasteiger partial charge in [0.15, 0.2) is 0 Å². The van der Waals surface area contributed by atoms with Crippen LogP contribution in [0.2, 0.25) is 5.02 Å². The van der Waals surface area contributed by atoms with Gasteiger partial charge in [0.1, 0.15) is 0 Å². The fourth-order valence-corrected chi connectivity index (χ4v) is 1.63. The summed E-state index contributed by atoms with van der Waals surface area (Å²) in [7, 11) is 0.0699. The van der Waals surface area contributed by atoms with Gasteiger partial charge in [0.05, 0.1) is 0 Å². The molecule has 0 heterocycles. The van der Waals surface area contributed by atoms with Crippen LogP contribution >= 0.6 is 30.6 Å². The highest BCUT2D eigenvalue weighted by molar-refractivity contribution is 8.45. The van der Waals surface area contributed by atoms with Crippen molar-refractivity contribution in [3.8, 4) is 0 Å². The van der Waals surface area contributed by atoms with E-state index in [-0.39, 0.29) is 7.66 Å². The van der Waals surface area contributed by atoms with Crippen LogP contribution in [0.4, 0.5) is 0 Å². The van der Waals surface area contributed by atoms with Crippen molar-refractivity contribution in [3.05, 3.63) is 29.3 Å². The highest BCUT2D eigenvalue weighted by atomic mass is 35.5. The van der Waals surface area contributed by atoms with Crippen molar-refractivity contribution in [2.24, 2.45) is 0 Å². The molecule has 0 aliphatic rings. The van der Waals surface area contributed by atoms with Gasteiger partial charge >= 0.3 is 0 Å². The first-order valence-electron chi connectivity index (χ1n) is 2.58. The first kappa shape index (κ1) is 8.06. The molecule has 0 amide bonds. The third-order valence-electron chi connectivity index (χ3n) is 0.956. The van der Waals surface area contributed by atoms with Gasteiger partial charge in [0, 0.05) is 9.92 Å². The van der Waals surface area contributed by atoms with Crippen molar-refractivity contribution in [3.63, 3.8) is 0 Å². The van der Waals surface area contributed by atoms with E-state index in [9.17, 15) is 4.57 Å². The van der Waals surface area contributed by atoms with Crippen LogP contribution in [-0.2, 0) is 4.57 Å². The predicted octanol–water partition coefficient (Wildman–Crippen LogP) is 3.64. The van der Waals surface area contributed by atoms with Crippen LogP contribution < -0.4 is 0 Å². The maximum absolute atomic E-state index is 10.1. The third kappa shape index (κ3) is 2.30. The molecule has 0 fully saturated rings. The quantitative estimate of drug-likeness (QED) is 0.663. The summed E-state index contributed by atoms with van der Waals surface area (Å²) in [6, 6.07) is 7.21. The Kier molecular flexibility index (Phi) is 3.20. The van der Waals surface area contributed by atoms with Crippen LogP contribution in [0.15, 0.2) is 29.2 Å². The van der Waals surface area contributed by atoms with E-state index < -0.39 is 0 Å². The van der Waals surface area contributed by atoms with Gasteiger partial charge in [0.25, 0.3) is 0 Å². The fraction of sp³-hybridized carbons (Fsp3) is 0.